The third kappa shape index (κ3) is 3.32. The van der Waals surface area contributed by atoms with Crippen LogP contribution in [0.3, 0.4) is 0 Å². The lowest BCUT2D eigenvalue weighted by Crippen LogP contribution is -2.29. The van der Waals surface area contributed by atoms with E-state index in [1.807, 2.05) is 0 Å². The maximum absolute atomic E-state index is 12.4. The Labute approximate surface area is 175 Å². The van der Waals surface area contributed by atoms with E-state index in [2.05, 4.69) is 24.6 Å². The van der Waals surface area contributed by atoms with Crippen molar-refractivity contribution in [2.24, 2.45) is 0 Å². The van der Waals surface area contributed by atoms with E-state index in [4.69, 9.17) is 22.6 Å². The summed E-state index contributed by atoms with van der Waals surface area (Å²) in [5, 5.41) is 0. The van der Waals surface area contributed by atoms with E-state index in [0.29, 0.717) is 22.5 Å². The molecule has 1 N–H and O–H groups in total. The molecule has 4 rings (SSSR count). The highest BCUT2D eigenvalue weighted by molar-refractivity contribution is 5.90. The molecular formula is C21H14N6O4. The molecule has 152 valence electrons. The molecule has 2 heterocycles. The number of fused-ring (bicyclic) bond motifs is 2. The molecule has 0 unspecified atom stereocenters. The Morgan fingerprint density at radius 1 is 1.00 bits per heavy atom. The number of methoxy groups -OCH3 is 2. The van der Waals surface area contributed by atoms with Crippen LogP contribution in [-0.2, 0) is 6.54 Å². The number of aromatic nitrogens is 4. The van der Waals surface area contributed by atoms with E-state index in [1.54, 1.807) is 22.8 Å². The number of aromatic amines is 1. The molecule has 2 aliphatic heterocycles. The summed E-state index contributed by atoms with van der Waals surface area (Å²) in [5.74, 6) is 1.13. The molecule has 0 bridgehead atoms. The summed E-state index contributed by atoms with van der Waals surface area (Å²) in [7, 11) is 3.05. The first-order valence-electron chi connectivity index (χ1n) is 8.93. The van der Waals surface area contributed by atoms with Crippen molar-refractivity contribution in [1.29, 1.82) is 0 Å². The Balaban J connectivity index is 2.05. The van der Waals surface area contributed by atoms with Gasteiger partial charge in [0.25, 0.3) is 5.56 Å². The fourth-order valence-corrected chi connectivity index (χ4v) is 3.32. The molecule has 0 aliphatic carbocycles. The molecule has 10 nitrogen and oxygen atoms in total. The minimum absolute atomic E-state index is 0.0425. The van der Waals surface area contributed by atoms with Crippen LogP contribution in [0, 0.1) is 13.1 Å². The van der Waals surface area contributed by atoms with Crippen LogP contribution in [0.5, 0.6) is 11.5 Å². The van der Waals surface area contributed by atoms with Crippen molar-refractivity contribution in [3.05, 3.63) is 79.6 Å². The van der Waals surface area contributed by atoms with Crippen LogP contribution < -0.4 is 20.7 Å². The van der Waals surface area contributed by atoms with Gasteiger partial charge in [-0.25, -0.2) is 9.78 Å². The summed E-state index contributed by atoms with van der Waals surface area (Å²) < 4.78 is 12.2. The van der Waals surface area contributed by atoms with Crippen LogP contribution >= 0.6 is 0 Å². The maximum atomic E-state index is 12.4. The van der Waals surface area contributed by atoms with Gasteiger partial charge in [-0.1, -0.05) is 6.07 Å². The molecule has 0 atom stereocenters. The van der Waals surface area contributed by atoms with E-state index in [-0.39, 0.29) is 29.4 Å². The molecule has 2 aromatic rings. The molecule has 2 aliphatic rings. The van der Waals surface area contributed by atoms with Crippen LogP contribution in [0.25, 0.3) is 32.2 Å². The lowest BCUT2D eigenvalue weighted by atomic mass is 10.1. The molecule has 0 radical (unpaired) electrons. The molecule has 0 amide bonds. The molecule has 0 fully saturated rings. The van der Waals surface area contributed by atoms with Gasteiger partial charge in [-0.2, -0.15) is 4.98 Å². The Bertz CT molecular complexity index is 1510. The standard InChI is InChI=1S/C21H14N6O4/c1-22-12-8-14-15(9-13(12)23-2)27(19-18(24-14)20(28)26-21(29)25-19)10-11-5-6-16(30-3)17(7-11)31-4/h5-9H,10H2,3-4H3,(H,26,28,29). The van der Waals surface area contributed by atoms with E-state index in [9.17, 15) is 9.59 Å². The SMILES string of the molecule is [C-]#[N+]c1cc2nc3c(=O)[nH]c(=O)nc-3n(Cc3ccc(OC)c(OC)c3)c2cc1[N+]#[C-]. The minimum atomic E-state index is -0.803. The van der Waals surface area contributed by atoms with Gasteiger partial charge in [0.1, 0.15) is 0 Å². The first-order chi connectivity index (χ1) is 15.0. The Morgan fingerprint density at radius 2 is 1.71 bits per heavy atom. The largest absolute Gasteiger partial charge is 0.493 e. The molecule has 0 aromatic heterocycles. The summed E-state index contributed by atoms with van der Waals surface area (Å²) in [4.78, 5) is 41.5. The van der Waals surface area contributed by atoms with Crippen molar-refractivity contribution in [3.8, 4) is 23.0 Å². The van der Waals surface area contributed by atoms with Crippen molar-refractivity contribution in [3.63, 3.8) is 0 Å². The first kappa shape index (κ1) is 19.6. The Kier molecular flexibility index (Phi) is 4.82. The number of hydrogen-bond donors (Lipinski definition) is 1. The average Bonchev–Trinajstić information content (AvgIpc) is 2.78. The number of nitrogens with zero attached hydrogens (tertiary/aromatic N) is 5. The molecule has 0 saturated heterocycles. The third-order valence-electron chi connectivity index (χ3n) is 4.73. The first-order valence-corrected chi connectivity index (χ1v) is 8.93. The Morgan fingerprint density at radius 3 is 2.39 bits per heavy atom. The number of ether oxygens (including phenoxy) is 2. The van der Waals surface area contributed by atoms with Crippen LogP contribution in [0.2, 0.25) is 0 Å². The zero-order valence-electron chi connectivity index (χ0n) is 16.5. The van der Waals surface area contributed by atoms with Gasteiger partial charge in [-0.3, -0.25) is 19.5 Å². The average molecular weight is 414 g/mol. The maximum Gasteiger partial charge on any atom is 0.349 e. The normalized spacial score (nSPS) is 10.6. The number of hydrogen-bond acceptors (Lipinski definition) is 6. The summed E-state index contributed by atoms with van der Waals surface area (Å²) >= 11 is 0. The molecular weight excluding hydrogens is 400 g/mol. The van der Waals surface area contributed by atoms with Gasteiger partial charge < -0.3 is 14.0 Å². The zero-order chi connectivity index (χ0) is 22.1. The van der Waals surface area contributed by atoms with Gasteiger partial charge in [0, 0.05) is 6.54 Å². The predicted molar refractivity (Wildman–Crippen MR) is 112 cm³/mol. The van der Waals surface area contributed by atoms with Gasteiger partial charge in [0.15, 0.2) is 34.4 Å². The predicted octanol–water partition coefficient (Wildman–Crippen LogP) is 2.75. The number of H-pyrrole nitrogens is 1. The van der Waals surface area contributed by atoms with Gasteiger partial charge >= 0.3 is 5.69 Å². The van der Waals surface area contributed by atoms with Crippen LogP contribution in [0.15, 0.2) is 39.9 Å². The second kappa shape index (κ2) is 7.61. The van der Waals surface area contributed by atoms with Crippen molar-refractivity contribution >= 4 is 22.4 Å². The second-order valence-corrected chi connectivity index (χ2v) is 6.48. The van der Waals surface area contributed by atoms with Crippen molar-refractivity contribution < 1.29 is 9.47 Å². The number of nitrogens with one attached hydrogen (secondary N) is 1. The summed E-state index contributed by atoms with van der Waals surface area (Å²) in [6.45, 7) is 14.9. The van der Waals surface area contributed by atoms with Crippen molar-refractivity contribution in [2.75, 3.05) is 14.2 Å². The minimum Gasteiger partial charge on any atom is -0.493 e. The summed E-state index contributed by atoms with van der Waals surface area (Å²) in [5.41, 5.74) is 0.285. The second-order valence-electron chi connectivity index (χ2n) is 6.48. The lowest BCUT2D eigenvalue weighted by Gasteiger charge is -2.18. The lowest BCUT2D eigenvalue weighted by molar-refractivity contribution is 0.354. The number of rotatable bonds is 4. The highest BCUT2D eigenvalue weighted by Gasteiger charge is 2.20. The molecule has 2 aromatic carbocycles. The van der Waals surface area contributed by atoms with Crippen LogP contribution in [0.1, 0.15) is 5.56 Å². The van der Waals surface area contributed by atoms with Gasteiger partial charge in [-0.05, 0) is 29.8 Å². The Hall–Kier alpha value is -4.70. The monoisotopic (exact) mass is 414 g/mol. The van der Waals surface area contributed by atoms with E-state index < -0.39 is 11.2 Å². The van der Waals surface area contributed by atoms with E-state index >= 15 is 0 Å². The quantitative estimate of drug-likeness (QED) is 0.406. The summed E-state index contributed by atoms with van der Waals surface area (Å²) in [6, 6.07) is 8.27. The molecule has 0 saturated carbocycles. The molecule has 31 heavy (non-hydrogen) atoms. The highest BCUT2D eigenvalue weighted by atomic mass is 16.5. The molecule has 0 spiro atoms. The fraction of sp³-hybridized carbons (Fsp3) is 0.143. The van der Waals surface area contributed by atoms with Gasteiger partial charge in [0.05, 0.1) is 38.4 Å². The van der Waals surface area contributed by atoms with Crippen LogP contribution in [0.4, 0.5) is 11.4 Å². The van der Waals surface area contributed by atoms with Gasteiger partial charge in [0.2, 0.25) is 0 Å². The van der Waals surface area contributed by atoms with Gasteiger partial charge in [-0.15, -0.1) is 0 Å². The van der Waals surface area contributed by atoms with Crippen molar-refractivity contribution in [1.82, 2.24) is 19.5 Å². The molecule has 10 heteroatoms. The third-order valence-corrected chi connectivity index (χ3v) is 4.73. The van der Waals surface area contributed by atoms with E-state index in [1.165, 1.54) is 26.4 Å². The smallest absolute Gasteiger partial charge is 0.349 e. The number of benzene rings is 2. The summed E-state index contributed by atoms with van der Waals surface area (Å²) in [6.07, 6.45) is 0. The highest BCUT2D eigenvalue weighted by Crippen LogP contribution is 2.35. The van der Waals surface area contributed by atoms with E-state index in [0.717, 1.165) is 5.56 Å². The van der Waals surface area contributed by atoms with Crippen LogP contribution in [-0.4, -0.2) is 33.7 Å². The topological polar surface area (TPSA) is 108 Å². The van der Waals surface area contributed by atoms with Crippen molar-refractivity contribution in [2.45, 2.75) is 6.54 Å². The fourth-order valence-electron chi connectivity index (χ4n) is 3.32. The zero-order valence-corrected chi connectivity index (χ0v) is 16.5.